The highest BCUT2D eigenvalue weighted by atomic mass is 16.4. The molecule has 0 unspecified atom stereocenters. The van der Waals surface area contributed by atoms with Crippen LogP contribution in [0.4, 0.5) is 5.69 Å². The van der Waals surface area contributed by atoms with Crippen LogP contribution in [-0.4, -0.2) is 60.8 Å². The number of nitrogens with zero attached hydrogens (tertiary/aromatic N) is 2. The van der Waals surface area contributed by atoms with E-state index in [-0.39, 0.29) is 0 Å². The Labute approximate surface area is 138 Å². The van der Waals surface area contributed by atoms with Gasteiger partial charge >= 0.3 is 5.97 Å². The van der Waals surface area contributed by atoms with Crippen LogP contribution in [0.25, 0.3) is 0 Å². The SMILES string of the molecule is Cc1cccc(N2CCC(N3CCN[C@@H](C(=O)O)C3)CC2)c1C. The van der Waals surface area contributed by atoms with E-state index in [0.29, 0.717) is 12.6 Å². The third kappa shape index (κ3) is 3.51. The van der Waals surface area contributed by atoms with E-state index >= 15 is 0 Å². The summed E-state index contributed by atoms with van der Waals surface area (Å²) in [6, 6.07) is 6.62. The molecule has 126 valence electrons. The second-order valence-electron chi connectivity index (χ2n) is 6.78. The molecule has 2 heterocycles. The average Bonchev–Trinajstić information content (AvgIpc) is 2.58. The number of aryl methyl sites for hydroxylation is 1. The summed E-state index contributed by atoms with van der Waals surface area (Å²) in [5, 5.41) is 12.3. The van der Waals surface area contributed by atoms with Gasteiger partial charge in [0.2, 0.25) is 0 Å². The predicted molar refractivity (Wildman–Crippen MR) is 92.2 cm³/mol. The summed E-state index contributed by atoms with van der Waals surface area (Å²) >= 11 is 0. The second kappa shape index (κ2) is 6.89. The molecule has 0 aromatic heterocycles. The van der Waals surface area contributed by atoms with Crippen molar-refractivity contribution in [1.82, 2.24) is 10.2 Å². The number of hydrogen-bond donors (Lipinski definition) is 2. The van der Waals surface area contributed by atoms with Crippen LogP contribution in [-0.2, 0) is 4.79 Å². The lowest BCUT2D eigenvalue weighted by Gasteiger charge is -2.42. The van der Waals surface area contributed by atoms with Crippen LogP contribution in [0.1, 0.15) is 24.0 Å². The van der Waals surface area contributed by atoms with Crippen molar-refractivity contribution in [3.63, 3.8) is 0 Å². The number of nitrogens with one attached hydrogen (secondary N) is 1. The Morgan fingerprint density at radius 2 is 1.96 bits per heavy atom. The van der Waals surface area contributed by atoms with Gasteiger partial charge in [0, 0.05) is 44.5 Å². The van der Waals surface area contributed by atoms with Gasteiger partial charge in [0.1, 0.15) is 6.04 Å². The van der Waals surface area contributed by atoms with Crippen molar-refractivity contribution < 1.29 is 9.90 Å². The first kappa shape index (κ1) is 16.3. The Morgan fingerprint density at radius 1 is 1.22 bits per heavy atom. The van der Waals surface area contributed by atoms with E-state index < -0.39 is 12.0 Å². The Kier molecular flexibility index (Phi) is 4.87. The maximum absolute atomic E-state index is 11.2. The molecule has 5 heteroatoms. The topological polar surface area (TPSA) is 55.8 Å². The van der Waals surface area contributed by atoms with E-state index in [9.17, 15) is 9.90 Å². The van der Waals surface area contributed by atoms with Crippen molar-refractivity contribution in [2.75, 3.05) is 37.6 Å². The van der Waals surface area contributed by atoms with E-state index in [0.717, 1.165) is 39.0 Å². The maximum atomic E-state index is 11.2. The average molecular weight is 317 g/mol. The molecular weight excluding hydrogens is 290 g/mol. The van der Waals surface area contributed by atoms with Crippen molar-refractivity contribution in [2.45, 2.75) is 38.8 Å². The van der Waals surface area contributed by atoms with E-state index in [1.807, 2.05) is 0 Å². The molecule has 2 fully saturated rings. The standard InChI is InChI=1S/C18H27N3O2/c1-13-4-3-5-17(14(13)2)20-9-6-15(7-10-20)21-11-8-19-16(12-21)18(22)23/h3-5,15-16,19H,6-12H2,1-2H3,(H,22,23)/t16-/m1/s1. The number of anilines is 1. The summed E-state index contributed by atoms with van der Waals surface area (Å²) < 4.78 is 0. The molecule has 1 aromatic carbocycles. The van der Waals surface area contributed by atoms with Crippen LogP contribution in [0.5, 0.6) is 0 Å². The molecule has 3 rings (SSSR count). The molecule has 0 aliphatic carbocycles. The van der Waals surface area contributed by atoms with Crippen molar-refractivity contribution in [2.24, 2.45) is 0 Å². The number of rotatable bonds is 3. The van der Waals surface area contributed by atoms with Gasteiger partial charge in [-0.1, -0.05) is 12.1 Å². The number of aliphatic carboxylic acids is 1. The van der Waals surface area contributed by atoms with Gasteiger partial charge in [0.15, 0.2) is 0 Å². The summed E-state index contributed by atoms with van der Waals surface area (Å²) in [6.07, 6.45) is 2.22. The van der Waals surface area contributed by atoms with Gasteiger partial charge < -0.3 is 15.3 Å². The normalized spacial score (nSPS) is 23.9. The van der Waals surface area contributed by atoms with E-state index in [2.05, 4.69) is 47.2 Å². The van der Waals surface area contributed by atoms with Crippen LogP contribution in [0.15, 0.2) is 18.2 Å². The van der Waals surface area contributed by atoms with Gasteiger partial charge in [-0.05, 0) is 43.9 Å². The van der Waals surface area contributed by atoms with Crippen LogP contribution in [0.2, 0.25) is 0 Å². The smallest absolute Gasteiger partial charge is 0.322 e. The highest BCUT2D eigenvalue weighted by Crippen LogP contribution is 2.27. The molecule has 0 bridgehead atoms. The number of benzene rings is 1. The lowest BCUT2D eigenvalue weighted by Crippen LogP contribution is -2.58. The molecule has 1 atom stereocenters. The highest BCUT2D eigenvalue weighted by molar-refractivity contribution is 5.73. The first-order valence-corrected chi connectivity index (χ1v) is 8.57. The van der Waals surface area contributed by atoms with Gasteiger partial charge in [-0.15, -0.1) is 0 Å². The minimum atomic E-state index is -0.734. The lowest BCUT2D eigenvalue weighted by atomic mass is 9.99. The number of carboxylic acids is 1. The maximum Gasteiger partial charge on any atom is 0.322 e. The Bertz CT molecular complexity index is 567. The molecule has 1 aromatic rings. The molecule has 2 aliphatic rings. The van der Waals surface area contributed by atoms with Crippen molar-refractivity contribution in [1.29, 1.82) is 0 Å². The fourth-order valence-electron chi connectivity index (χ4n) is 3.82. The zero-order valence-electron chi connectivity index (χ0n) is 14.1. The largest absolute Gasteiger partial charge is 0.480 e. The summed E-state index contributed by atoms with van der Waals surface area (Å²) in [5.74, 6) is -0.734. The number of hydrogen-bond acceptors (Lipinski definition) is 4. The van der Waals surface area contributed by atoms with Crippen molar-refractivity contribution in [3.05, 3.63) is 29.3 Å². The summed E-state index contributed by atoms with van der Waals surface area (Å²) in [5.41, 5.74) is 4.07. The van der Waals surface area contributed by atoms with Crippen molar-refractivity contribution in [3.8, 4) is 0 Å². The van der Waals surface area contributed by atoms with Gasteiger partial charge in [-0.2, -0.15) is 0 Å². The Balaban J connectivity index is 1.60. The quantitative estimate of drug-likeness (QED) is 0.887. The van der Waals surface area contributed by atoms with Crippen molar-refractivity contribution >= 4 is 11.7 Å². The Hall–Kier alpha value is -1.59. The molecule has 2 N–H and O–H groups in total. The van der Waals surface area contributed by atoms with Gasteiger partial charge in [0.25, 0.3) is 0 Å². The first-order valence-electron chi connectivity index (χ1n) is 8.57. The van der Waals surface area contributed by atoms with Crippen LogP contribution in [0, 0.1) is 13.8 Å². The fraction of sp³-hybridized carbons (Fsp3) is 0.611. The summed E-state index contributed by atoms with van der Waals surface area (Å²) in [4.78, 5) is 16.0. The summed E-state index contributed by atoms with van der Waals surface area (Å²) in [6.45, 7) is 8.83. The Morgan fingerprint density at radius 3 is 2.65 bits per heavy atom. The van der Waals surface area contributed by atoms with Crippen LogP contribution >= 0.6 is 0 Å². The molecule has 0 spiro atoms. The van der Waals surface area contributed by atoms with E-state index in [4.69, 9.17) is 0 Å². The molecular formula is C18H27N3O2. The van der Waals surface area contributed by atoms with E-state index in [1.54, 1.807) is 0 Å². The van der Waals surface area contributed by atoms with Crippen LogP contribution in [0.3, 0.4) is 0 Å². The molecule has 0 amide bonds. The molecule has 2 aliphatic heterocycles. The molecule has 5 nitrogen and oxygen atoms in total. The number of carbonyl (C=O) groups is 1. The number of piperazine rings is 1. The zero-order valence-corrected chi connectivity index (χ0v) is 14.1. The number of piperidine rings is 1. The molecule has 0 radical (unpaired) electrons. The monoisotopic (exact) mass is 317 g/mol. The zero-order chi connectivity index (χ0) is 16.4. The predicted octanol–water partition coefficient (Wildman–Crippen LogP) is 1.63. The molecule has 23 heavy (non-hydrogen) atoms. The third-order valence-corrected chi connectivity index (χ3v) is 5.40. The number of carboxylic acid groups (broad SMARTS) is 1. The first-order chi connectivity index (χ1) is 11.1. The minimum absolute atomic E-state index is 0.416. The second-order valence-corrected chi connectivity index (χ2v) is 6.78. The fourth-order valence-corrected chi connectivity index (χ4v) is 3.82. The summed E-state index contributed by atoms with van der Waals surface area (Å²) in [7, 11) is 0. The van der Waals surface area contributed by atoms with E-state index in [1.165, 1.54) is 16.8 Å². The van der Waals surface area contributed by atoms with Gasteiger partial charge in [-0.3, -0.25) is 9.69 Å². The molecule has 0 saturated carbocycles. The minimum Gasteiger partial charge on any atom is -0.480 e. The molecule has 2 saturated heterocycles. The third-order valence-electron chi connectivity index (χ3n) is 5.40. The highest BCUT2D eigenvalue weighted by Gasteiger charge is 2.31. The lowest BCUT2D eigenvalue weighted by molar-refractivity contribution is -0.141. The van der Waals surface area contributed by atoms with Gasteiger partial charge in [-0.25, -0.2) is 0 Å². The van der Waals surface area contributed by atoms with Gasteiger partial charge in [0.05, 0.1) is 0 Å². The van der Waals surface area contributed by atoms with Crippen LogP contribution < -0.4 is 10.2 Å².